The number of carbonyl (C=O) groups is 2. The normalized spacial score (nSPS) is 20.4. The zero-order valence-electron chi connectivity index (χ0n) is 17.6. The van der Waals surface area contributed by atoms with Gasteiger partial charge in [-0.05, 0) is 55.2 Å². The Kier molecular flexibility index (Phi) is 7.69. The number of amides is 3. The Morgan fingerprint density at radius 3 is 2.74 bits per heavy atom. The van der Waals surface area contributed by atoms with Crippen molar-refractivity contribution in [1.82, 2.24) is 10.6 Å². The quantitative estimate of drug-likeness (QED) is 0.503. The van der Waals surface area contributed by atoms with E-state index >= 15 is 0 Å². The summed E-state index contributed by atoms with van der Waals surface area (Å²) in [5.41, 5.74) is 0.734. The largest absolute Gasteiger partial charge is 0.490 e. The third-order valence-corrected chi connectivity index (χ3v) is 7.27. The van der Waals surface area contributed by atoms with Crippen molar-refractivity contribution in [3.63, 3.8) is 0 Å². The highest BCUT2D eigenvalue weighted by Crippen LogP contribution is 2.31. The molecule has 1 aromatic rings. The SMILES string of the molecule is C[C@@H](CS(=O)(=O)CC/C=C/CC1CC(=O)NC(=O)N1)c1ccc(F)c(OCC2CC2)c1. The average molecular weight is 453 g/mol. The lowest BCUT2D eigenvalue weighted by Gasteiger charge is -2.21. The Morgan fingerprint density at radius 2 is 2.03 bits per heavy atom. The van der Waals surface area contributed by atoms with Crippen LogP contribution in [-0.2, 0) is 14.6 Å². The van der Waals surface area contributed by atoms with Gasteiger partial charge in [0.05, 0.1) is 18.1 Å². The number of hydrogen-bond acceptors (Lipinski definition) is 5. The van der Waals surface area contributed by atoms with Crippen molar-refractivity contribution in [3.05, 3.63) is 41.7 Å². The summed E-state index contributed by atoms with van der Waals surface area (Å²) in [5, 5.41) is 4.81. The second kappa shape index (κ2) is 10.3. The number of allylic oxidation sites excluding steroid dienone is 1. The van der Waals surface area contributed by atoms with E-state index in [1.54, 1.807) is 24.3 Å². The number of carbonyl (C=O) groups excluding carboxylic acids is 2. The van der Waals surface area contributed by atoms with Gasteiger partial charge in [-0.3, -0.25) is 10.1 Å². The highest BCUT2D eigenvalue weighted by Gasteiger charge is 2.24. The van der Waals surface area contributed by atoms with E-state index < -0.39 is 21.7 Å². The lowest BCUT2D eigenvalue weighted by atomic mass is 10.0. The first-order valence-electron chi connectivity index (χ1n) is 10.6. The van der Waals surface area contributed by atoms with Gasteiger partial charge in [-0.15, -0.1) is 0 Å². The van der Waals surface area contributed by atoms with E-state index in [0.717, 1.165) is 18.4 Å². The summed E-state index contributed by atoms with van der Waals surface area (Å²) in [4.78, 5) is 22.6. The predicted molar refractivity (Wildman–Crippen MR) is 115 cm³/mol. The van der Waals surface area contributed by atoms with E-state index in [1.165, 1.54) is 6.07 Å². The minimum absolute atomic E-state index is 0.00240. The molecule has 0 aromatic heterocycles. The van der Waals surface area contributed by atoms with Gasteiger partial charge in [0.1, 0.15) is 0 Å². The first kappa shape index (κ1) is 23.2. The van der Waals surface area contributed by atoms with Crippen molar-refractivity contribution >= 4 is 21.8 Å². The van der Waals surface area contributed by atoms with Gasteiger partial charge in [-0.25, -0.2) is 17.6 Å². The van der Waals surface area contributed by atoms with Crippen molar-refractivity contribution in [1.29, 1.82) is 0 Å². The van der Waals surface area contributed by atoms with Crippen LogP contribution in [0, 0.1) is 11.7 Å². The molecule has 0 radical (unpaired) electrons. The van der Waals surface area contributed by atoms with Gasteiger partial charge in [-0.1, -0.05) is 25.1 Å². The van der Waals surface area contributed by atoms with Crippen molar-refractivity contribution in [2.24, 2.45) is 5.92 Å². The monoisotopic (exact) mass is 452 g/mol. The van der Waals surface area contributed by atoms with Gasteiger partial charge in [0.25, 0.3) is 0 Å². The minimum atomic E-state index is -3.31. The van der Waals surface area contributed by atoms with Crippen molar-refractivity contribution in [2.75, 3.05) is 18.1 Å². The molecule has 0 bridgehead atoms. The zero-order chi connectivity index (χ0) is 22.4. The molecule has 0 spiro atoms. The van der Waals surface area contributed by atoms with E-state index in [1.807, 2.05) is 6.92 Å². The van der Waals surface area contributed by atoms with Crippen molar-refractivity contribution in [2.45, 2.75) is 51.0 Å². The van der Waals surface area contributed by atoms with Gasteiger partial charge in [0, 0.05) is 12.5 Å². The maximum atomic E-state index is 14.0. The fourth-order valence-electron chi connectivity index (χ4n) is 3.43. The number of imide groups is 1. The standard InChI is InChI=1S/C22H29FN2O5S/c1-15(17-8-9-19(23)20(11-17)30-13-16-6-7-16)14-31(28,29)10-4-2-3-5-18-12-21(26)25-22(27)24-18/h2-3,8-9,11,15-16,18H,4-7,10,12-14H2,1H3,(H2,24,25,26,27)/b3-2+/t15-,18?/m0/s1. The Labute approximate surface area is 182 Å². The summed E-state index contributed by atoms with van der Waals surface area (Å²) in [5.74, 6) is -0.392. The Bertz CT molecular complexity index is 927. The molecule has 2 atom stereocenters. The molecule has 31 heavy (non-hydrogen) atoms. The number of hydrogen-bond donors (Lipinski definition) is 2. The minimum Gasteiger partial charge on any atom is -0.490 e. The maximum absolute atomic E-state index is 14.0. The molecule has 1 heterocycles. The van der Waals surface area contributed by atoms with Crippen LogP contribution in [0.1, 0.15) is 50.5 Å². The van der Waals surface area contributed by atoms with E-state index in [9.17, 15) is 22.4 Å². The summed E-state index contributed by atoms with van der Waals surface area (Å²) in [6.45, 7) is 2.30. The van der Waals surface area contributed by atoms with Gasteiger partial charge >= 0.3 is 6.03 Å². The average Bonchev–Trinajstić information content (AvgIpc) is 3.50. The summed E-state index contributed by atoms with van der Waals surface area (Å²) < 4.78 is 44.5. The summed E-state index contributed by atoms with van der Waals surface area (Å²) >= 11 is 0. The number of benzene rings is 1. The van der Waals surface area contributed by atoms with E-state index in [4.69, 9.17) is 4.74 Å². The van der Waals surface area contributed by atoms with Gasteiger partial charge < -0.3 is 10.1 Å². The summed E-state index contributed by atoms with van der Waals surface area (Å²) in [6, 6.07) is 3.76. The zero-order valence-corrected chi connectivity index (χ0v) is 18.4. The molecule has 1 aliphatic carbocycles. The molecular formula is C22H29FN2O5S. The Hall–Kier alpha value is -2.42. The second-order valence-corrected chi connectivity index (χ2v) is 10.6. The molecule has 1 aromatic carbocycles. The molecule has 2 aliphatic rings. The number of nitrogens with one attached hydrogen (secondary N) is 2. The van der Waals surface area contributed by atoms with Crippen molar-refractivity contribution < 1.29 is 27.1 Å². The number of sulfone groups is 1. The molecule has 1 saturated carbocycles. The van der Waals surface area contributed by atoms with E-state index in [0.29, 0.717) is 25.4 Å². The lowest BCUT2D eigenvalue weighted by molar-refractivity contribution is -0.121. The predicted octanol–water partition coefficient (Wildman–Crippen LogP) is 3.07. The van der Waals surface area contributed by atoms with Crippen LogP contribution >= 0.6 is 0 Å². The molecule has 3 rings (SSSR count). The third-order valence-electron chi connectivity index (χ3n) is 5.40. The molecule has 3 amide bonds. The molecule has 1 unspecified atom stereocenters. The Balaban J connectivity index is 1.45. The van der Waals surface area contributed by atoms with Crippen LogP contribution < -0.4 is 15.4 Å². The molecule has 7 nitrogen and oxygen atoms in total. The topological polar surface area (TPSA) is 102 Å². The van der Waals surface area contributed by atoms with E-state index in [2.05, 4.69) is 10.6 Å². The molecule has 1 saturated heterocycles. The molecule has 1 aliphatic heterocycles. The van der Waals surface area contributed by atoms with Crippen LogP contribution in [-0.4, -0.2) is 44.5 Å². The third kappa shape index (κ3) is 7.65. The summed E-state index contributed by atoms with van der Waals surface area (Å²) in [7, 11) is -3.31. The van der Waals surface area contributed by atoms with Crippen LogP contribution in [0.3, 0.4) is 0 Å². The highest BCUT2D eigenvalue weighted by molar-refractivity contribution is 7.91. The summed E-state index contributed by atoms with van der Waals surface area (Å²) in [6.07, 6.45) is 6.77. The molecule has 2 N–H and O–H groups in total. The lowest BCUT2D eigenvalue weighted by Crippen LogP contribution is -2.51. The molecule has 9 heteroatoms. The first-order chi connectivity index (χ1) is 14.7. The molecule has 170 valence electrons. The first-order valence-corrected chi connectivity index (χ1v) is 12.4. The van der Waals surface area contributed by atoms with Crippen LogP contribution in [0.25, 0.3) is 0 Å². The van der Waals surface area contributed by atoms with Gasteiger partial charge in [0.2, 0.25) is 5.91 Å². The van der Waals surface area contributed by atoms with Gasteiger partial charge in [0.15, 0.2) is 21.4 Å². The fraction of sp³-hybridized carbons (Fsp3) is 0.545. The smallest absolute Gasteiger partial charge is 0.321 e. The van der Waals surface area contributed by atoms with Crippen LogP contribution in [0.5, 0.6) is 5.75 Å². The number of ether oxygens (including phenoxy) is 1. The van der Waals surface area contributed by atoms with E-state index in [-0.39, 0.29) is 41.5 Å². The second-order valence-electron chi connectivity index (χ2n) is 8.38. The van der Waals surface area contributed by atoms with Crippen LogP contribution in [0.4, 0.5) is 9.18 Å². The highest BCUT2D eigenvalue weighted by atomic mass is 32.2. The Morgan fingerprint density at radius 1 is 1.26 bits per heavy atom. The number of urea groups is 1. The van der Waals surface area contributed by atoms with Crippen molar-refractivity contribution in [3.8, 4) is 5.75 Å². The van der Waals surface area contributed by atoms with Gasteiger partial charge in [-0.2, -0.15) is 0 Å². The van der Waals surface area contributed by atoms with Crippen LogP contribution in [0.2, 0.25) is 0 Å². The fourth-order valence-corrected chi connectivity index (χ4v) is 5.05. The number of halogens is 1. The maximum Gasteiger partial charge on any atom is 0.321 e. The molecular weight excluding hydrogens is 423 g/mol. The molecule has 2 fully saturated rings. The van der Waals surface area contributed by atoms with Crippen LogP contribution in [0.15, 0.2) is 30.4 Å². The number of rotatable bonds is 11.